The molecule has 27 heavy (non-hydrogen) atoms. The topological polar surface area (TPSA) is 63.6 Å². The van der Waals surface area contributed by atoms with E-state index in [-0.39, 0.29) is 5.92 Å². The van der Waals surface area contributed by atoms with E-state index in [1.807, 2.05) is 42.7 Å². The monoisotopic (exact) mass is 353 g/mol. The smallest absolute Gasteiger partial charge is 0.133 e. The molecule has 4 aromatic rings. The van der Waals surface area contributed by atoms with Crippen LogP contribution in [0.1, 0.15) is 22.6 Å². The van der Waals surface area contributed by atoms with Crippen LogP contribution in [0, 0.1) is 0 Å². The molecule has 0 atom stereocenters. The van der Waals surface area contributed by atoms with Crippen LogP contribution >= 0.6 is 0 Å². The molecule has 4 heterocycles. The summed E-state index contributed by atoms with van der Waals surface area (Å²) < 4.78 is 0. The van der Waals surface area contributed by atoms with Crippen molar-refractivity contribution in [1.29, 1.82) is 0 Å². The third-order valence-corrected chi connectivity index (χ3v) is 4.41. The molecule has 4 aromatic heterocycles. The predicted octanol–water partition coefficient (Wildman–Crippen LogP) is 4.38. The predicted molar refractivity (Wildman–Crippen MR) is 106 cm³/mol. The first-order valence-electron chi connectivity index (χ1n) is 8.81. The Hall–Kier alpha value is -3.60. The Kier molecular flexibility index (Phi) is 5.11. The summed E-state index contributed by atoms with van der Waals surface area (Å²) in [5.74, 6) is 0.981. The number of rotatable bonds is 6. The highest BCUT2D eigenvalue weighted by Crippen LogP contribution is 2.30. The van der Waals surface area contributed by atoms with Crippen LogP contribution in [0.3, 0.4) is 0 Å². The normalized spacial score (nSPS) is 10.7. The molecule has 5 nitrogen and oxygen atoms in total. The highest BCUT2D eigenvalue weighted by molar-refractivity contribution is 5.58. The molecule has 0 spiro atoms. The van der Waals surface area contributed by atoms with Crippen LogP contribution < -0.4 is 5.32 Å². The number of aromatic nitrogens is 4. The van der Waals surface area contributed by atoms with Crippen molar-refractivity contribution in [1.82, 2.24) is 19.9 Å². The number of pyridine rings is 4. The van der Waals surface area contributed by atoms with E-state index < -0.39 is 0 Å². The van der Waals surface area contributed by atoms with E-state index in [4.69, 9.17) is 0 Å². The number of nitrogens with one attached hydrogen (secondary N) is 1. The summed E-state index contributed by atoms with van der Waals surface area (Å²) in [6.07, 6.45) is 13.6. The molecule has 0 radical (unpaired) electrons. The zero-order valence-corrected chi connectivity index (χ0v) is 14.7. The first kappa shape index (κ1) is 16.8. The molecule has 0 saturated heterocycles. The van der Waals surface area contributed by atoms with Crippen LogP contribution in [0.15, 0.2) is 91.9 Å². The fourth-order valence-electron chi connectivity index (χ4n) is 3.10. The largest absolute Gasteiger partial charge is 0.339 e. The Bertz CT molecular complexity index is 935. The number of hydrogen-bond acceptors (Lipinski definition) is 5. The van der Waals surface area contributed by atoms with Gasteiger partial charge in [-0.15, -0.1) is 0 Å². The molecular formula is C22H19N5. The average molecular weight is 353 g/mol. The summed E-state index contributed by atoms with van der Waals surface area (Å²) >= 11 is 0. The first-order valence-corrected chi connectivity index (χ1v) is 8.81. The Morgan fingerprint density at radius 2 is 1.33 bits per heavy atom. The van der Waals surface area contributed by atoms with Crippen LogP contribution in [0.2, 0.25) is 0 Å². The standard InChI is InChI=1S/C22H19N5/c1-6-18(14-23-9-1)21(19-7-2-10-24-15-19)13-17-5-3-12-26-22(17)27-20-8-4-11-25-16-20/h1-12,14-16,21H,13H2,(H,26,27). The van der Waals surface area contributed by atoms with E-state index in [9.17, 15) is 0 Å². The summed E-state index contributed by atoms with van der Waals surface area (Å²) in [5.41, 5.74) is 4.35. The van der Waals surface area contributed by atoms with Gasteiger partial charge in [0.25, 0.3) is 0 Å². The van der Waals surface area contributed by atoms with Gasteiger partial charge in [-0.05, 0) is 53.4 Å². The fraction of sp³-hybridized carbons (Fsp3) is 0.0909. The second-order valence-electron chi connectivity index (χ2n) is 6.21. The molecule has 0 fully saturated rings. The number of nitrogens with zero attached hydrogens (tertiary/aromatic N) is 4. The lowest BCUT2D eigenvalue weighted by Gasteiger charge is -2.19. The molecule has 0 aliphatic carbocycles. The number of hydrogen-bond donors (Lipinski definition) is 1. The van der Waals surface area contributed by atoms with E-state index >= 15 is 0 Å². The Morgan fingerprint density at radius 1 is 0.704 bits per heavy atom. The van der Waals surface area contributed by atoms with Crippen molar-refractivity contribution in [3.05, 3.63) is 109 Å². The lowest BCUT2D eigenvalue weighted by molar-refractivity contribution is 0.793. The van der Waals surface area contributed by atoms with Crippen LogP contribution in [0.5, 0.6) is 0 Å². The molecule has 0 unspecified atom stereocenters. The Labute approximate surface area is 158 Å². The van der Waals surface area contributed by atoms with E-state index in [1.165, 1.54) is 0 Å². The molecule has 0 bridgehead atoms. The Morgan fingerprint density at radius 3 is 1.93 bits per heavy atom. The van der Waals surface area contributed by atoms with Crippen LogP contribution in [0.4, 0.5) is 11.5 Å². The summed E-state index contributed by atoms with van der Waals surface area (Å²) in [5, 5.41) is 3.38. The molecule has 132 valence electrons. The lowest BCUT2D eigenvalue weighted by Crippen LogP contribution is -2.08. The van der Waals surface area contributed by atoms with Gasteiger partial charge in [0, 0.05) is 43.1 Å². The molecule has 1 N–H and O–H groups in total. The van der Waals surface area contributed by atoms with Crippen LogP contribution in [-0.2, 0) is 6.42 Å². The van der Waals surface area contributed by atoms with Crippen molar-refractivity contribution < 1.29 is 0 Å². The minimum atomic E-state index is 0.144. The van der Waals surface area contributed by atoms with Gasteiger partial charge in [0.1, 0.15) is 5.82 Å². The molecule has 0 aromatic carbocycles. The molecule has 0 aliphatic rings. The molecule has 5 heteroatoms. The lowest BCUT2D eigenvalue weighted by atomic mass is 9.87. The van der Waals surface area contributed by atoms with E-state index in [1.54, 1.807) is 31.0 Å². The molecular weight excluding hydrogens is 334 g/mol. The fourth-order valence-corrected chi connectivity index (χ4v) is 3.10. The van der Waals surface area contributed by atoms with Gasteiger partial charge in [0.2, 0.25) is 0 Å². The number of anilines is 2. The minimum Gasteiger partial charge on any atom is -0.339 e. The second-order valence-corrected chi connectivity index (χ2v) is 6.21. The van der Waals surface area contributed by atoms with E-state index in [0.717, 1.165) is 34.6 Å². The van der Waals surface area contributed by atoms with Crippen molar-refractivity contribution in [3.8, 4) is 0 Å². The summed E-state index contributed by atoms with van der Waals surface area (Å²) in [7, 11) is 0. The van der Waals surface area contributed by atoms with Gasteiger partial charge in [-0.3, -0.25) is 15.0 Å². The molecule has 4 rings (SSSR count). The van der Waals surface area contributed by atoms with Gasteiger partial charge in [-0.2, -0.15) is 0 Å². The zero-order valence-electron chi connectivity index (χ0n) is 14.7. The molecule has 0 amide bonds. The van der Waals surface area contributed by atoms with E-state index in [0.29, 0.717) is 0 Å². The van der Waals surface area contributed by atoms with Gasteiger partial charge in [0.15, 0.2) is 0 Å². The highest BCUT2D eigenvalue weighted by Gasteiger charge is 2.18. The van der Waals surface area contributed by atoms with Crippen molar-refractivity contribution in [2.75, 3.05) is 5.32 Å². The van der Waals surface area contributed by atoms with Gasteiger partial charge < -0.3 is 5.32 Å². The third-order valence-electron chi connectivity index (χ3n) is 4.41. The van der Waals surface area contributed by atoms with Crippen LogP contribution in [-0.4, -0.2) is 19.9 Å². The molecule has 0 aliphatic heterocycles. The Balaban J connectivity index is 1.68. The molecule has 0 saturated carbocycles. The second kappa shape index (κ2) is 8.19. The SMILES string of the molecule is c1cncc(Nc2ncccc2CC(c2cccnc2)c2cccnc2)c1. The van der Waals surface area contributed by atoms with Gasteiger partial charge >= 0.3 is 0 Å². The first-order chi connectivity index (χ1) is 13.4. The van der Waals surface area contributed by atoms with Gasteiger partial charge in [0.05, 0.1) is 11.9 Å². The third kappa shape index (κ3) is 4.15. The summed E-state index contributed by atoms with van der Waals surface area (Å²) in [6, 6.07) is 16.1. The maximum Gasteiger partial charge on any atom is 0.133 e. The average Bonchev–Trinajstić information content (AvgIpc) is 2.75. The quantitative estimate of drug-likeness (QED) is 0.557. The van der Waals surface area contributed by atoms with Crippen molar-refractivity contribution in [2.45, 2.75) is 12.3 Å². The van der Waals surface area contributed by atoms with Gasteiger partial charge in [-0.1, -0.05) is 18.2 Å². The van der Waals surface area contributed by atoms with E-state index in [2.05, 4.69) is 43.5 Å². The van der Waals surface area contributed by atoms with Crippen LogP contribution in [0.25, 0.3) is 0 Å². The highest BCUT2D eigenvalue weighted by atomic mass is 15.0. The summed E-state index contributed by atoms with van der Waals surface area (Å²) in [6.45, 7) is 0. The summed E-state index contributed by atoms with van der Waals surface area (Å²) in [4.78, 5) is 17.3. The maximum absolute atomic E-state index is 4.54. The zero-order chi connectivity index (χ0) is 18.3. The van der Waals surface area contributed by atoms with Crippen molar-refractivity contribution in [3.63, 3.8) is 0 Å². The maximum atomic E-state index is 4.54. The minimum absolute atomic E-state index is 0.144. The van der Waals surface area contributed by atoms with Crippen molar-refractivity contribution >= 4 is 11.5 Å². The van der Waals surface area contributed by atoms with Crippen molar-refractivity contribution in [2.24, 2.45) is 0 Å². The van der Waals surface area contributed by atoms with Gasteiger partial charge in [-0.25, -0.2) is 4.98 Å².